The Labute approximate surface area is 201 Å². The van der Waals surface area contributed by atoms with Crippen molar-refractivity contribution in [3.05, 3.63) is 88.2 Å². The maximum absolute atomic E-state index is 13.1. The zero-order valence-corrected chi connectivity index (χ0v) is 19.1. The van der Waals surface area contributed by atoms with Crippen molar-refractivity contribution in [2.75, 3.05) is 18.1 Å². The quantitative estimate of drug-likeness (QED) is 0.465. The number of carboxylic acids is 1. The van der Waals surface area contributed by atoms with Gasteiger partial charge in [0, 0.05) is 30.6 Å². The van der Waals surface area contributed by atoms with Gasteiger partial charge in [-0.15, -0.1) is 0 Å². The first-order valence-electron chi connectivity index (χ1n) is 11.2. The van der Waals surface area contributed by atoms with Gasteiger partial charge < -0.3 is 14.7 Å². The third-order valence-corrected chi connectivity index (χ3v) is 6.15. The molecule has 0 saturated carbocycles. The van der Waals surface area contributed by atoms with Crippen LogP contribution in [0.25, 0.3) is 22.0 Å². The Morgan fingerprint density at radius 2 is 1.77 bits per heavy atom. The molecule has 2 heterocycles. The number of amides is 1. The molecule has 1 aromatic heterocycles. The smallest absolute Gasteiger partial charge is 0.341 e. The second-order valence-electron chi connectivity index (χ2n) is 8.46. The van der Waals surface area contributed by atoms with E-state index in [2.05, 4.69) is 5.10 Å². The van der Waals surface area contributed by atoms with Gasteiger partial charge in [0.2, 0.25) is 5.91 Å². The van der Waals surface area contributed by atoms with Crippen molar-refractivity contribution in [1.29, 1.82) is 0 Å². The fourth-order valence-corrected chi connectivity index (χ4v) is 4.42. The summed E-state index contributed by atoms with van der Waals surface area (Å²) in [5, 5.41) is 14.7. The van der Waals surface area contributed by atoms with E-state index in [1.165, 1.54) is 4.68 Å². The molecule has 0 atom stereocenters. The molecule has 0 aliphatic carbocycles. The number of ether oxygens (including phenoxy) is 1. The van der Waals surface area contributed by atoms with Crippen LogP contribution in [0, 0.1) is 0 Å². The van der Waals surface area contributed by atoms with E-state index in [-0.39, 0.29) is 17.9 Å². The summed E-state index contributed by atoms with van der Waals surface area (Å²) >= 11 is 0. The minimum absolute atomic E-state index is 0.0439. The molecule has 1 amide bonds. The number of fused-ring (bicyclic) bond motifs is 2. The van der Waals surface area contributed by atoms with Gasteiger partial charge in [-0.05, 0) is 29.7 Å². The molecule has 8 heteroatoms. The zero-order chi connectivity index (χ0) is 24.5. The van der Waals surface area contributed by atoms with E-state index in [4.69, 9.17) is 9.84 Å². The van der Waals surface area contributed by atoms with Crippen LogP contribution in [0.3, 0.4) is 0 Å². The summed E-state index contributed by atoms with van der Waals surface area (Å²) in [6.07, 6.45) is 0.964. The van der Waals surface area contributed by atoms with Gasteiger partial charge in [-0.25, -0.2) is 9.48 Å². The highest BCUT2D eigenvalue weighted by atomic mass is 16.5. The Morgan fingerprint density at radius 1 is 1.03 bits per heavy atom. The number of aryl methyl sites for hydroxylation is 1. The molecule has 5 rings (SSSR count). The van der Waals surface area contributed by atoms with Gasteiger partial charge in [-0.1, -0.05) is 48.5 Å². The average molecular weight is 469 g/mol. The van der Waals surface area contributed by atoms with Gasteiger partial charge in [0.1, 0.15) is 5.75 Å². The van der Waals surface area contributed by atoms with E-state index < -0.39 is 12.6 Å². The molecule has 4 aromatic rings. The number of nitrogens with zero attached hydrogens (tertiary/aromatic N) is 3. The van der Waals surface area contributed by atoms with Gasteiger partial charge >= 0.3 is 5.97 Å². The van der Waals surface area contributed by atoms with E-state index >= 15 is 0 Å². The summed E-state index contributed by atoms with van der Waals surface area (Å²) in [7, 11) is 1.64. The van der Waals surface area contributed by atoms with Crippen LogP contribution in [0.4, 0.5) is 5.69 Å². The number of aromatic nitrogens is 2. The molecule has 0 radical (unpaired) electrons. The molecule has 3 aromatic carbocycles. The normalized spacial score (nSPS) is 12.5. The molecular formula is C27H23N3O5. The van der Waals surface area contributed by atoms with Gasteiger partial charge in [0.25, 0.3) is 5.56 Å². The SMILES string of the molecule is Cn1nc(-c2ccc(CC(=O)N3CCc4ccc(OCC(=O)O)cc43)cc2)c2ccccc2c1=O. The molecular weight excluding hydrogens is 446 g/mol. The number of aliphatic carboxylic acids is 1. The summed E-state index contributed by atoms with van der Waals surface area (Å²) in [5.41, 5.74) is 4.08. The number of hydrogen-bond donors (Lipinski definition) is 1. The molecule has 0 unspecified atom stereocenters. The first-order valence-corrected chi connectivity index (χ1v) is 11.2. The van der Waals surface area contributed by atoms with E-state index in [9.17, 15) is 14.4 Å². The van der Waals surface area contributed by atoms with Crippen molar-refractivity contribution in [1.82, 2.24) is 9.78 Å². The maximum Gasteiger partial charge on any atom is 0.341 e. The second-order valence-corrected chi connectivity index (χ2v) is 8.46. The summed E-state index contributed by atoms with van der Waals surface area (Å²) < 4.78 is 6.62. The minimum atomic E-state index is -1.05. The Balaban J connectivity index is 1.36. The molecule has 0 fully saturated rings. The first kappa shape index (κ1) is 22.3. The monoisotopic (exact) mass is 469 g/mol. The fraction of sp³-hybridized carbons (Fsp3) is 0.185. The maximum atomic E-state index is 13.1. The lowest BCUT2D eigenvalue weighted by Gasteiger charge is -2.18. The lowest BCUT2D eigenvalue weighted by Crippen LogP contribution is -2.30. The Kier molecular flexibility index (Phi) is 5.78. The van der Waals surface area contributed by atoms with E-state index in [0.29, 0.717) is 23.4 Å². The van der Waals surface area contributed by atoms with Gasteiger partial charge in [-0.3, -0.25) is 9.59 Å². The topological polar surface area (TPSA) is 102 Å². The molecule has 0 bridgehead atoms. The zero-order valence-electron chi connectivity index (χ0n) is 19.1. The van der Waals surface area contributed by atoms with Crippen molar-refractivity contribution in [3.8, 4) is 17.0 Å². The molecule has 1 aliphatic heterocycles. The number of hydrogen-bond acceptors (Lipinski definition) is 5. The first-order chi connectivity index (χ1) is 16.9. The molecule has 1 N–H and O–H groups in total. The van der Waals surface area contributed by atoms with Crippen molar-refractivity contribution in [2.24, 2.45) is 7.05 Å². The predicted molar refractivity (Wildman–Crippen MR) is 132 cm³/mol. The minimum Gasteiger partial charge on any atom is -0.482 e. The number of carbonyl (C=O) groups excluding carboxylic acids is 1. The standard InChI is InChI=1S/C27H23N3O5/c1-29-27(34)22-5-3-2-4-21(22)26(28-29)19-8-6-17(7-9-19)14-24(31)30-13-12-18-10-11-20(15-23(18)30)35-16-25(32)33/h2-11,15H,12-14,16H2,1H3,(H,32,33). The van der Waals surface area contributed by atoms with E-state index in [1.54, 1.807) is 30.1 Å². The highest BCUT2D eigenvalue weighted by Crippen LogP contribution is 2.32. The van der Waals surface area contributed by atoms with Crippen LogP contribution in [-0.4, -0.2) is 39.9 Å². The molecule has 35 heavy (non-hydrogen) atoms. The summed E-state index contributed by atoms with van der Waals surface area (Å²) in [6, 6.07) is 20.3. The van der Waals surface area contributed by atoms with Crippen molar-refractivity contribution >= 4 is 28.3 Å². The highest BCUT2D eigenvalue weighted by Gasteiger charge is 2.25. The van der Waals surface area contributed by atoms with E-state index in [1.807, 2.05) is 48.5 Å². The number of rotatable bonds is 6. The van der Waals surface area contributed by atoms with Crippen LogP contribution in [0.2, 0.25) is 0 Å². The van der Waals surface area contributed by atoms with Crippen LogP contribution in [0.15, 0.2) is 71.5 Å². The van der Waals surface area contributed by atoms with Crippen LogP contribution >= 0.6 is 0 Å². The van der Waals surface area contributed by atoms with Gasteiger partial charge in [0.15, 0.2) is 6.61 Å². The predicted octanol–water partition coefficient (Wildman–Crippen LogP) is 3.20. The second kappa shape index (κ2) is 9.06. The number of carbonyl (C=O) groups is 2. The van der Waals surface area contributed by atoms with Crippen molar-refractivity contribution in [3.63, 3.8) is 0 Å². The van der Waals surface area contributed by atoms with Gasteiger partial charge in [-0.2, -0.15) is 5.10 Å². The van der Waals surface area contributed by atoms with Crippen LogP contribution in [-0.2, 0) is 29.5 Å². The summed E-state index contributed by atoms with van der Waals surface area (Å²) in [6.45, 7) is 0.140. The average Bonchev–Trinajstić information content (AvgIpc) is 3.29. The highest BCUT2D eigenvalue weighted by molar-refractivity contribution is 5.97. The van der Waals surface area contributed by atoms with Crippen molar-refractivity contribution < 1.29 is 19.4 Å². The fourth-order valence-electron chi connectivity index (χ4n) is 4.42. The summed E-state index contributed by atoms with van der Waals surface area (Å²) in [4.78, 5) is 38.0. The number of anilines is 1. The number of benzene rings is 3. The summed E-state index contributed by atoms with van der Waals surface area (Å²) in [5.74, 6) is -0.674. The molecule has 8 nitrogen and oxygen atoms in total. The van der Waals surface area contributed by atoms with E-state index in [0.717, 1.165) is 34.2 Å². The molecule has 0 spiro atoms. The lowest BCUT2D eigenvalue weighted by atomic mass is 10.0. The Morgan fingerprint density at radius 3 is 2.51 bits per heavy atom. The third kappa shape index (κ3) is 4.38. The van der Waals surface area contributed by atoms with Crippen LogP contribution < -0.4 is 15.2 Å². The lowest BCUT2D eigenvalue weighted by molar-refractivity contribution is -0.139. The van der Waals surface area contributed by atoms with Gasteiger partial charge in [0.05, 0.1) is 23.2 Å². The molecule has 0 saturated heterocycles. The number of carboxylic acid groups (broad SMARTS) is 1. The molecule has 176 valence electrons. The van der Waals surface area contributed by atoms with Crippen LogP contribution in [0.1, 0.15) is 11.1 Å². The van der Waals surface area contributed by atoms with Crippen LogP contribution in [0.5, 0.6) is 5.75 Å². The Bertz CT molecular complexity index is 1510. The largest absolute Gasteiger partial charge is 0.482 e. The Hall–Kier alpha value is -4.46. The van der Waals surface area contributed by atoms with Crippen molar-refractivity contribution in [2.45, 2.75) is 12.8 Å². The third-order valence-electron chi connectivity index (χ3n) is 6.15. The molecule has 1 aliphatic rings.